The molecule has 0 saturated heterocycles. The highest BCUT2D eigenvalue weighted by Crippen LogP contribution is 2.44. The van der Waals surface area contributed by atoms with Crippen LogP contribution in [-0.2, 0) is 9.53 Å². The lowest BCUT2D eigenvalue weighted by atomic mass is 9.98. The number of azide groups is 1. The van der Waals surface area contributed by atoms with Crippen LogP contribution in [0.1, 0.15) is 24.0 Å². The normalized spacial score (nSPS) is 14.2. The van der Waals surface area contributed by atoms with Crippen LogP contribution in [0.15, 0.2) is 53.6 Å². The molecular formula is C20H20N4O4. The lowest BCUT2D eigenvalue weighted by Gasteiger charge is -2.20. The average molecular weight is 380 g/mol. The van der Waals surface area contributed by atoms with Gasteiger partial charge in [0, 0.05) is 17.4 Å². The van der Waals surface area contributed by atoms with Crippen molar-refractivity contribution in [3.05, 3.63) is 70.1 Å². The van der Waals surface area contributed by atoms with E-state index in [9.17, 15) is 14.7 Å². The second-order valence-corrected chi connectivity index (χ2v) is 6.68. The number of aliphatic carboxylic acids is 1. The van der Waals surface area contributed by atoms with Crippen molar-refractivity contribution in [3.8, 4) is 11.1 Å². The molecule has 0 aliphatic heterocycles. The van der Waals surface area contributed by atoms with Gasteiger partial charge >= 0.3 is 12.1 Å². The second kappa shape index (κ2) is 8.45. The molecule has 0 heterocycles. The van der Waals surface area contributed by atoms with Crippen LogP contribution in [-0.4, -0.2) is 36.4 Å². The molecule has 8 heteroatoms. The van der Waals surface area contributed by atoms with E-state index in [0.29, 0.717) is 0 Å². The molecule has 0 aromatic heterocycles. The van der Waals surface area contributed by atoms with Gasteiger partial charge in [-0.05, 0) is 33.7 Å². The zero-order chi connectivity index (χ0) is 20.1. The van der Waals surface area contributed by atoms with Crippen LogP contribution in [0.4, 0.5) is 4.79 Å². The van der Waals surface area contributed by atoms with E-state index in [-0.39, 0.29) is 19.1 Å². The number of ether oxygens (including phenoxy) is 1. The van der Waals surface area contributed by atoms with Crippen molar-refractivity contribution in [2.45, 2.75) is 18.9 Å². The van der Waals surface area contributed by atoms with Gasteiger partial charge in [0.15, 0.2) is 0 Å². The molecule has 0 radical (unpaired) electrons. The maximum absolute atomic E-state index is 12.2. The van der Waals surface area contributed by atoms with Gasteiger partial charge in [0.2, 0.25) is 0 Å². The Morgan fingerprint density at radius 3 is 2.29 bits per heavy atom. The number of rotatable bonds is 7. The molecule has 2 N–H and O–H groups in total. The Kier molecular flexibility index (Phi) is 5.81. The first-order valence-corrected chi connectivity index (χ1v) is 8.88. The monoisotopic (exact) mass is 380 g/mol. The Bertz CT molecular complexity index is 894. The molecule has 0 saturated carbocycles. The third-order valence-electron chi connectivity index (χ3n) is 4.88. The first kappa shape index (κ1) is 19.3. The first-order valence-electron chi connectivity index (χ1n) is 8.88. The Balaban J connectivity index is 1.69. The number of carbonyl (C=O) groups excluding carboxylic acids is 1. The Hall–Kier alpha value is -3.51. The molecule has 0 unspecified atom stereocenters. The third-order valence-corrected chi connectivity index (χ3v) is 4.88. The number of fused-ring (bicyclic) bond motifs is 3. The maximum atomic E-state index is 12.2. The molecule has 1 aliphatic carbocycles. The van der Waals surface area contributed by atoms with Crippen molar-refractivity contribution < 1.29 is 19.4 Å². The zero-order valence-corrected chi connectivity index (χ0v) is 15.3. The number of hydrogen-bond donors (Lipinski definition) is 2. The highest BCUT2D eigenvalue weighted by molar-refractivity contribution is 5.81. The molecular weight excluding hydrogens is 360 g/mol. The summed E-state index contributed by atoms with van der Waals surface area (Å²) in [5.74, 6) is -1.90. The molecule has 2 aromatic rings. The van der Waals surface area contributed by atoms with Crippen LogP contribution in [0.3, 0.4) is 0 Å². The largest absolute Gasteiger partial charge is 0.480 e. The van der Waals surface area contributed by atoms with E-state index < -0.39 is 24.0 Å². The SMILES string of the molecule is C[C@H](CN=[N+]=[N-])[C@@H](NC(=O)OCC1c2ccccc2-c2ccccc21)C(=O)O. The minimum atomic E-state index is -1.21. The van der Waals surface area contributed by atoms with E-state index in [1.807, 2.05) is 48.5 Å². The zero-order valence-electron chi connectivity index (χ0n) is 15.3. The van der Waals surface area contributed by atoms with Crippen molar-refractivity contribution in [3.63, 3.8) is 0 Å². The van der Waals surface area contributed by atoms with Gasteiger partial charge in [-0.25, -0.2) is 9.59 Å². The minimum absolute atomic E-state index is 0.0445. The van der Waals surface area contributed by atoms with Crippen molar-refractivity contribution in [2.24, 2.45) is 11.0 Å². The van der Waals surface area contributed by atoms with Crippen LogP contribution in [0.25, 0.3) is 21.6 Å². The Morgan fingerprint density at radius 1 is 1.18 bits per heavy atom. The van der Waals surface area contributed by atoms with Gasteiger partial charge in [-0.2, -0.15) is 0 Å². The van der Waals surface area contributed by atoms with Gasteiger partial charge in [0.1, 0.15) is 12.6 Å². The molecule has 0 bridgehead atoms. The smallest absolute Gasteiger partial charge is 0.407 e. The summed E-state index contributed by atoms with van der Waals surface area (Å²) >= 11 is 0. The first-order chi connectivity index (χ1) is 13.5. The van der Waals surface area contributed by atoms with Gasteiger partial charge in [0.05, 0.1) is 0 Å². The summed E-state index contributed by atoms with van der Waals surface area (Å²) in [7, 11) is 0. The van der Waals surface area contributed by atoms with Gasteiger partial charge in [-0.1, -0.05) is 60.6 Å². The summed E-state index contributed by atoms with van der Waals surface area (Å²) in [5, 5.41) is 15.0. The molecule has 28 heavy (non-hydrogen) atoms. The predicted molar refractivity (Wildman–Crippen MR) is 103 cm³/mol. The lowest BCUT2D eigenvalue weighted by Crippen LogP contribution is -2.46. The van der Waals surface area contributed by atoms with Gasteiger partial charge < -0.3 is 15.2 Å². The van der Waals surface area contributed by atoms with E-state index >= 15 is 0 Å². The van der Waals surface area contributed by atoms with Crippen LogP contribution in [0.2, 0.25) is 0 Å². The number of nitrogens with zero attached hydrogens (tertiary/aromatic N) is 3. The van der Waals surface area contributed by atoms with Crippen LogP contribution >= 0.6 is 0 Å². The molecule has 144 valence electrons. The second-order valence-electron chi connectivity index (χ2n) is 6.68. The lowest BCUT2D eigenvalue weighted by molar-refractivity contribution is -0.140. The number of amides is 1. The third kappa shape index (κ3) is 3.92. The number of nitrogens with one attached hydrogen (secondary N) is 1. The summed E-state index contributed by atoms with van der Waals surface area (Å²) in [4.78, 5) is 26.3. The van der Waals surface area contributed by atoms with Crippen LogP contribution in [0.5, 0.6) is 0 Å². The molecule has 2 atom stereocenters. The van der Waals surface area contributed by atoms with E-state index in [2.05, 4.69) is 15.3 Å². The topological polar surface area (TPSA) is 124 Å². The molecule has 1 amide bonds. The molecule has 0 spiro atoms. The number of alkyl carbamates (subject to hydrolysis) is 1. The fourth-order valence-electron chi connectivity index (χ4n) is 3.49. The number of benzene rings is 2. The summed E-state index contributed by atoms with van der Waals surface area (Å²) in [6, 6.07) is 14.7. The average Bonchev–Trinajstić information content (AvgIpc) is 3.02. The Morgan fingerprint density at radius 2 is 1.75 bits per heavy atom. The molecule has 8 nitrogen and oxygen atoms in total. The highest BCUT2D eigenvalue weighted by Gasteiger charge is 2.30. The van der Waals surface area contributed by atoms with Crippen molar-refractivity contribution in [2.75, 3.05) is 13.2 Å². The van der Waals surface area contributed by atoms with E-state index in [1.54, 1.807) is 6.92 Å². The molecule has 0 fully saturated rings. The molecule has 1 aliphatic rings. The number of carboxylic acids is 1. The fraction of sp³-hybridized carbons (Fsp3) is 0.300. The number of hydrogen-bond acceptors (Lipinski definition) is 4. The van der Waals surface area contributed by atoms with E-state index in [4.69, 9.17) is 10.3 Å². The Labute approximate surface area is 161 Å². The fourth-order valence-corrected chi connectivity index (χ4v) is 3.49. The van der Waals surface area contributed by atoms with E-state index in [1.165, 1.54) is 0 Å². The van der Waals surface area contributed by atoms with Gasteiger partial charge in [0.25, 0.3) is 0 Å². The standard InChI is InChI=1S/C20H20N4O4/c1-12(10-22-24-21)18(19(25)26)23-20(27)28-11-17-15-8-4-2-6-13(15)14-7-3-5-9-16(14)17/h2-9,12,17-18H,10-11H2,1H3,(H,23,27)(H,25,26)/t12-,18-/m1/s1. The summed E-state index contributed by atoms with van der Waals surface area (Å²) in [5.41, 5.74) is 12.7. The quantitative estimate of drug-likeness (QED) is 0.429. The van der Waals surface area contributed by atoms with Crippen molar-refractivity contribution in [1.82, 2.24) is 5.32 Å². The highest BCUT2D eigenvalue weighted by atomic mass is 16.5. The number of carbonyl (C=O) groups is 2. The van der Waals surface area contributed by atoms with Gasteiger partial charge in [-0.3, -0.25) is 0 Å². The van der Waals surface area contributed by atoms with Crippen LogP contribution in [0, 0.1) is 5.92 Å². The van der Waals surface area contributed by atoms with E-state index in [0.717, 1.165) is 22.3 Å². The summed E-state index contributed by atoms with van der Waals surface area (Å²) in [6.45, 7) is 1.63. The van der Waals surface area contributed by atoms with Crippen molar-refractivity contribution >= 4 is 12.1 Å². The number of carboxylic acid groups (broad SMARTS) is 1. The van der Waals surface area contributed by atoms with Crippen molar-refractivity contribution in [1.29, 1.82) is 0 Å². The predicted octanol–water partition coefficient (Wildman–Crippen LogP) is 3.92. The van der Waals surface area contributed by atoms with Crippen LogP contribution < -0.4 is 5.32 Å². The summed E-state index contributed by atoms with van der Waals surface area (Å²) < 4.78 is 5.36. The maximum Gasteiger partial charge on any atom is 0.407 e. The molecule has 3 rings (SSSR count). The minimum Gasteiger partial charge on any atom is -0.480 e. The van der Waals surface area contributed by atoms with Gasteiger partial charge in [-0.15, -0.1) is 0 Å². The summed E-state index contributed by atoms with van der Waals surface area (Å²) in [6.07, 6.45) is -0.818. The molecule has 2 aromatic carbocycles.